The van der Waals surface area contributed by atoms with Crippen LogP contribution in [0, 0.1) is 0 Å². The van der Waals surface area contributed by atoms with Crippen LogP contribution in [0.1, 0.15) is 54.6 Å². The lowest BCUT2D eigenvalue weighted by molar-refractivity contribution is -0.131. The summed E-state index contributed by atoms with van der Waals surface area (Å²) in [5, 5.41) is 4.14. The van der Waals surface area contributed by atoms with Crippen LogP contribution < -0.4 is 0 Å². The van der Waals surface area contributed by atoms with Crippen LogP contribution in [0.3, 0.4) is 0 Å². The summed E-state index contributed by atoms with van der Waals surface area (Å²) in [5.74, 6) is 0.0842. The molecule has 6 heteroatoms. The van der Waals surface area contributed by atoms with Crippen molar-refractivity contribution < 1.29 is 9.53 Å². The number of aryl methyl sites for hydroxylation is 1. The molecule has 2 aliphatic heterocycles. The quantitative estimate of drug-likeness (QED) is 0.762. The summed E-state index contributed by atoms with van der Waals surface area (Å²) in [6.07, 6.45) is 8.39. The Morgan fingerprint density at radius 2 is 1.90 bits per heavy atom. The van der Waals surface area contributed by atoms with Gasteiger partial charge in [-0.1, -0.05) is 30.3 Å². The Morgan fingerprint density at radius 1 is 1.13 bits per heavy atom. The lowest BCUT2D eigenvalue weighted by atomic mass is 9.81. The van der Waals surface area contributed by atoms with Crippen molar-refractivity contribution >= 4 is 5.91 Å². The minimum atomic E-state index is -0.0734. The van der Waals surface area contributed by atoms with Gasteiger partial charge in [-0.15, -0.1) is 0 Å². The summed E-state index contributed by atoms with van der Waals surface area (Å²) in [6.45, 7) is 3.40. The molecule has 1 unspecified atom stereocenters. The molecule has 1 spiro atoms. The number of nitrogens with zero attached hydrogens (tertiary/aromatic N) is 4. The fraction of sp³-hybridized carbons (Fsp3) is 0.583. The number of aromatic nitrogens is 2. The van der Waals surface area contributed by atoms with Crippen LogP contribution >= 0.6 is 0 Å². The number of ether oxygens (including phenoxy) is 1. The normalized spacial score (nSPS) is 23.8. The molecule has 6 nitrogen and oxygen atoms in total. The van der Waals surface area contributed by atoms with Gasteiger partial charge in [0.25, 0.3) is 5.91 Å². The molecule has 1 saturated carbocycles. The second kappa shape index (κ2) is 8.16. The Kier molecular flexibility index (Phi) is 5.37. The van der Waals surface area contributed by atoms with E-state index in [2.05, 4.69) is 40.3 Å². The third kappa shape index (κ3) is 4.03. The first-order chi connectivity index (χ1) is 14.6. The van der Waals surface area contributed by atoms with Crippen LogP contribution in [-0.2, 0) is 18.3 Å². The summed E-state index contributed by atoms with van der Waals surface area (Å²) < 4.78 is 8.06. The molecule has 0 radical (unpaired) electrons. The summed E-state index contributed by atoms with van der Waals surface area (Å²) in [7, 11) is 1.83. The van der Waals surface area contributed by atoms with E-state index in [1.807, 2.05) is 11.9 Å². The second-order valence-corrected chi connectivity index (χ2v) is 9.20. The summed E-state index contributed by atoms with van der Waals surface area (Å²) in [5.41, 5.74) is 1.99. The highest BCUT2D eigenvalue weighted by Gasteiger charge is 2.45. The number of rotatable bonds is 5. The monoisotopic (exact) mass is 408 g/mol. The second-order valence-electron chi connectivity index (χ2n) is 9.20. The van der Waals surface area contributed by atoms with Crippen LogP contribution in [0.5, 0.6) is 0 Å². The smallest absolute Gasteiger partial charge is 0.272 e. The number of hydrogen-bond donors (Lipinski definition) is 0. The first-order valence-electron chi connectivity index (χ1n) is 11.3. The average Bonchev–Trinajstić information content (AvgIpc) is 3.53. The number of carbonyl (C=O) groups is 1. The Labute approximate surface area is 178 Å². The SMILES string of the molecule is Cn1nccc1C(=O)N1CCC2(CC1)CC(N(Cc1ccccc1)C1CC1)CCO2. The van der Waals surface area contributed by atoms with E-state index in [1.54, 1.807) is 16.9 Å². The maximum Gasteiger partial charge on any atom is 0.272 e. The van der Waals surface area contributed by atoms with Gasteiger partial charge >= 0.3 is 0 Å². The molecule has 0 bridgehead atoms. The van der Waals surface area contributed by atoms with E-state index < -0.39 is 0 Å². The molecule has 3 fully saturated rings. The summed E-state index contributed by atoms with van der Waals surface area (Å²) in [6, 6.07) is 14.0. The molecular weight excluding hydrogens is 376 g/mol. The maximum atomic E-state index is 12.8. The first kappa shape index (κ1) is 19.8. The molecule has 5 rings (SSSR count). The topological polar surface area (TPSA) is 50.6 Å². The average molecular weight is 409 g/mol. The molecule has 1 aromatic carbocycles. The maximum absolute atomic E-state index is 12.8. The standard InChI is InChI=1S/C24H32N4O2/c1-26-22(9-13-25-26)23(29)27-14-11-24(12-15-27)17-21(10-16-30-24)28(20-7-8-20)18-19-5-3-2-4-6-19/h2-6,9,13,20-21H,7-8,10-12,14-18H2,1H3. The Morgan fingerprint density at radius 3 is 2.57 bits per heavy atom. The third-order valence-corrected chi connectivity index (χ3v) is 7.16. The largest absolute Gasteiger partial charge is 0.375 e. The van der Waals surface area contributed by atoms with Crippen LogP contribution in [0.4, 0.5) is 0 Å². The fourth-order valence-corrected chi connectivity index (χ4v) is 5.25. The lowest BCUT2D eigenvalue weighted by Gasteiger charge is -2.48. The van der Waals surface area contributed by atoms with E-state index in [1.165, 1.54) is 18.4 Å². The molecule has 30 heavy (non-hydrogen) atoms. The molecule has 2 saturated heterocycles. The first-order valence-corrected chi connectivity index (χ1v) is 11.3. The predicted octanol–water partition coefficient (Wildman–Crippen LogP) is 3.24. The molecule has 1 atom stereocenters. The van der Waals surface area contributed by atoms with Crippen LogP contribution in [-0.4, -0.2) is 62.9 Å². The van der Waals surface area contributed by atoms with Gasteiger partial charge in [-0.3, -0.25) is 14.4 Å². The van der Waals surface area contributed by atoms with Gasteiger partial charge in [-0.2, -0.15) is 5.10 Å². The molecule has 3 heterocycles. The van der Waals surface area contributed by atoms with Gasteiger partial charge in [-0.25, -0.2) is 0 Å². The van der Waals surface area contributed by atoms with Crippen molar-refractivity contribution in [3.63, 3.8) is 0 Å². The third-order valence-electron chi connectivity index (χ3n) is 7.16. The van der Waals surface area contributed by atoms with E-state index in [0.717, 1.165) is 58.0 Å². The van der Waals surface area contributed by atoms with Crippen LogP contribution in [0.15, 0.2) is 42.6 Å². The lowest BCUT2D eigenvalue weighted by Crippen LogP contribution is -2.54. The molecule has 0 N–H and O–H groups in total. The number of carbonyl (C=O) groups excluding carboxylic acids is 1. The van der Waals surface area contributed by atoms with Crippen LogP contribution in [0.2, 0.25) is 0 Å². The van der Waals surface area contributed by atoms with Gasteiger partial charge in [0.15, 0.2) is 0 Å². The highest BCUT2D eigenvalue weighted by atomic mass is 16.5. The molecule has 3 aliphatic rings. The molecule has 1 aliphatic carbocycles. The van der Waals surface area contributed by atoms with E-state index in [-0.39, 0.29) is 11.5 Å². The molecule has 1 amide bonds. The zero-order valence-corrected chi connectivity index (χ0v) is 17.9. The van der Waals surface area contributed by atoms with Crippen molar-refractivity contribution in [2.24, 2.45) is 7.05 Å². The summed E-state index contributed by atoms with van der Waals surface area (Å²) >= 11 is 0. The highest BCUT2D eigenvalue weighted by Crippen LogP contribution is 2.40. The van der Waals surface area contributed by atoms with Crippen molar-refractivity contribution in [2.45, 2.75) is 62.8 Å². The van der Waals surface area contributed by atoms with Crippen molar-refractivity contribution in [1.82, 2.24) is 19.6 Å². The minimum Gasteiger partial charge on any atom is -0.375 e. The van der Waals surface area contributed by atoms with Gasteiger partial charge in [0.05, 0.1) is 5.60 Å². The predicted molar refractivity (Wildman–Crippen MR) is 115 cm³/mol. The number of amides is 1. The van der Waals surface area contributed by atoms with Gasteiger partial charge in [0.1, 0.15) is 5.69 Å². The number of likely N-dealkylation sites (tertiary alicyclic amines) is 1. The van der Waals surface area contributed by atoms with Crippen molar-refractivity contribution in [3.05, 3.63) is 53.9 Å². The molecule has 1 aromatic heterocycles. The van der Waals surface area contributed by atoms with Gasteiger partial charge in [-0.05, 0) is 50.2 Å². The molecular formula is C24H32N4O2. The zero-order valence-electron chi connectivity index (χ0n) is 17.9. The number of hydrogen-bond acceptors (Lipinski definition) is 4. The van der Waals surface area contributed by atoms with Crippen molar-refractivity contribution in [1.29, 1.82) is 0 Å². The van der Waals surface area contributed by atoms with E-state index in [4.69, 9.17) is 4.74 Å². The Balaban J connectivity index is 1.24. The van der Waals surface area contributed by atoms with E-state index in [0.29, 0.717) is 11.7 Å². The molecule has 2 aromatic rings. The van der Waals surface area contributed by atoms with Gasteiger partial charge in [0.2, 0.25) is 0 Å². The summed E-state index contributed by atoms with van der Waals surface area (Å²) in [4.78, 5) is 17.6. The van der Waals surface area contributed by atoms with Crippen molar-refractivity contribution in [3.8, 4) is 0 Å². The van der Waals surface area contributed by atoms with E-state index >= 15 is 0 Å². The molecule has 160 valence electrons. The Hall–Kier alpha value is -2.18. The fourth-order valence-electron chi connectivity index (χ4n) is 5.25. The van der Waals surface area contributed by atoms with Gasteiger partial charge < -0.3 is 9.64 Å². The number of piperidine rings is 1. The van der Waals surface area contributed by atoms with Crippen LogP contribution in [0.25, 0.3) is 0 Å². The van der Waals surface area contributed by atoms with Gasteiger partial charge in [0, 0.05) is 51.6 Å². The van der Waals surface area contributed by atoms with Crippen molar-refractivity contribution in [2.75, 3.05) is 19.7 Å². The highest BCUT2D eigenvalue weighted by molar-refractivity contribution is 5.92. The number of benzene rings is 1. The Bertz CT molecular complexity index is 868. The minimum absolute atomic E-state index is 0.0734. The zero-order chi connectivity index (χ0) is 20.6. The van der Waals surface area contributed by atoms with E-state index in [9.17, 15) is 4.79 Å².